The van der Waals surface area contributed by atoms with Crippen LogP contribution in [0.2, 0.25) is 0 Å². The molecule has 2 N–H and O–H groups in total. The van der Waals surface area contributed by atoms with Gasteiger partial charge in [-0.15, -0.1) is 24.8 Å². The van der Waals surface area contributed by atoms with Crippen LogP contribution in [0.25, 0.3) is 0 Å². The molecular weight excluding hydrogens is 383 g/mol. The van der Waals surface area contributed by atoms with Crippen LogP contribution in [0, 0.1) is 11.8 Å². The summed E-state index contributed by atoms with van der Waals surface area (Å²) in [4.78, 5) is 21.5. The third kappa shape index (κ3) is 6.51. The van der Waals surface area contributed by atoms with E-state index in [4.69, 9.17) is 5.73 Å². The first kappa shape index (κ1) is 24.0. The SMILES string of the molecule is CCN(CC1CCN(c2ccccn2)CC1)C(=O)C[C@@H]1CCC[C@H]1N.Cl.Cl. The lowest BCUT2D eigenvalue weighted by molar-refractivity contribution is -0.132. The molecule has 0 unspecified atom stereocenters. The Morgan fingerprint density at radius 3 is 2.52 bits per heavy atom. The second-order valence-electron chi connectivity index (χ2n) is 7.61. The molecule has 1 saturated heterocycles. The molecule has 1 saturated carbocycles. The average Bonchev–Trinajstić information content (AvgIpc) is 3.05. The van der Waals surface area contributed by atoms with Crippen molar-refractivity contribution in [2.45, 2.75) is 51.5 Å². The van der Waals surface area contributed by atoms with Gasteiger partial charge in [-0.05, 0) is 56.6 Å². The lowest BCUT2D eigenvalue weighted by atomic mass is 9.95. The Kier molecular flexibility index (Phi) is 10.4. The molecule has 1 aliphatic heterocycles. The molecule has 1 aliphatic carbocycles. The molecular formula is C20H34Cl2N4O. The van der Waals surface area contributed by atoms with Crippen molar-refractivity contribution < 1.29 is 4.79 Å². The third-order valence-corrected chi connectivity index (χ3v) is 5.96. The summed E-state index contributed by atoms with van der Waals surface area (Å²) in [5, 5.41) is 0. The van der Waals surface area contributed by atoms with E-state index < -0.39 is 0 Å². The number of anilines is 1. The summed E-state index contributed by atoms with van der Waals surface area (Å²) in [5.74, 6) is 2.37. The molecule has 0 radical (unpaired) electrons. The number of aromatic nitrogens is 1. The van der Waals surface area contributed by atoms with E-state index in [9.17, 15) is 4.79 Å². The average molecular weight is 417 g/mol. The van der Waals surface area contributed by atoms with Crippen molar-refractivity contribution in [2.24, 2.45) is 17.6 Å². The van der Waals surface area contributed by atoms with Crippen molar-refractivity contribution in [2.75, 3.05) is 31.1 Å². The molecule has 2 heterocycles. The first-order valence-electron chi connectivity index (χ1n) is 9.86. The summed E-state index contributed by atoms with van der Waals surface area (Å²) >= 11 is 0. The number of nitrogens with zero attached hydrogens (tertiary/aromatic N) is 3. The summed E-state index contributed by atoms with van der Waals surface area (Å²) in [6.45, 7) is 5.85. The summed E-state index contributed by atoms with van der Waals surface area (Å²) in [6.07, 6.45) is 8.13. The maximum Gasteiger partial charge on any atom is 0.222 e. The highest BCUT2D eigenvalue weighted by Gasteiger charge is 2.29. The number of rotatable bonds is 6. The van der Waals surface area contributed by atoms with Gasteiger partial charge in [0.15, 0.2) is 0 Å². The monoisotopic (exact) mass is 416 g/mol. The minimum Gasteiger partial charge on any atom is -0.357 e. The normalized spacial score (nSPS) is 22.7. The van der Waals surface area contributed by atoms with Crippen LogP contribution in [0.4, 0.5) is 5.82 Å². The molecule has 154 valence electrons. The summed E-state index contributed by atoms with van der Waals surface area (Å²) in [7, 11) is 0. The number of hydrogen-bond donors (Lipinski definition) is 1. The Morgan fingerprint density at radius 2 is 1.96 bits per heavy atom. The number of amides is 1. The smallest absolute Gasteiger partial charge is 0.222 e. The predicted octanol–water partition coefficient (Wildman–Crippen LogP) is 3.51. The number of halogens is 2. The molecule has 1 aromatic rings. The summed E-state index contributed by atoms with van der Waals surface area (Å²) in [6, 6.07) is 6.30. The lowest BCUT2D eigenvalue weighted by Crippen LogP contribution is -2.42. The van der Waals surface area contributed by atoms with Gasteiger partial charge in [0.25, 0.3) is 0 Å². The molecule has 1 aromatic heterocycles. The van der Waals surface area contributed by atoms with E-state index >= 15 is 0 Å². The molecule has 0 spiro atoms. The van der Waals surface area contributed by atoms with Gasteiger partial charge in [0.05, 0.1) is 0 Å². The minimum absolute atomic E-state index is 0. The largest absolute Gasteiger partial charge is 0.357 e. The minimum atomic E-state index is 0. The van der Waals surface area contributed by atoms with Crippen molar-refractivity contribution in [3.05, 3.63) is 24.4 Å². The van der Waals surface area contributed by atoms with Crippen molar-refractivity contribution in [3.63, 3.8) is 0 Å². The lowest BCUT2D eigenvalue weighted by Gasteiger charge is -2.35. The highest BCUT2D eigenvalue weighted by atomic mass is 35.5. The van der Waals surface area contributed by atoms with Crippen molar-refractivity contribution in [1.29, 1.82) is 0 Å². The predicted molar refractivity (Wildman–Crippen MR) is 116 cm³/mol. The van der Waals surface area contributed by atoms with Gasteiger partial charge < -0.3 is 15.5 Å². The van der Waals surface area contributed by atoms with Crippen LogP contribution in [0.1, 0.15) is 45.4 Å². The van der Waals surface area contributed by atoms with Crippen LogP contribution in [0.5, 0.6) is 0 Å². The molecule has 2 fully saturated rings. The molecule has 5 nitrogen and oxygen atoms in total. The fourth-order valence-corrected chi connectivity index (χ4v) is 4.28. The first-order chi connectivity index (χ1) is 12.2. The van der Waals surface area contributed by atoms with E-state index in [1.807, 2.05) is 18.3 Å². The summed E-state index contributed by atoms with van der Waals surface area (Å²) in [5.41, 5.74) is 6.14. The number of nitrogens with two attached hydrogens (primary N) is 1. The van der Waals surface area contributed by atoms with Crippen LogP contribution in [-0.2, 0) is 4.79 Å². The Bertz CT molecular complexity index is 552. The van der Waals surface area contributed by atoms with Gasteiger partial charge in [0.1, 0.15) is 5.82 Å². The number of carbonyl (C=O) groups excluding carboxylic acids is 1. The second-order valence-corrected chi connectivity index (χ2v) is 7.61. The van der Waals surface area contributed by atoms with Gasteiger partial charge in [-0.1, -0.05) is 12.5 Å². The molecule has 7 heteroatoms. The van der Waals surface area contributed by atoms with E-state index in [1.54, 1.807) is 0 Å². The standard InChI is InChI=1S/C20H32N4O.2ClH/c1-2-23(20(25)14-17-6-5-7-18(17)21)15-16-9-12-24(13-10-16)19-8-3-4-11-22-19;;/h3-4,8,11,16-18H,2,5-7,9-10,12-15,21H2,1H3;2*1H/t17-,18+;;/m0../s1. The van der Waals surface area contributed by atoms with Crippen LogP contribution in [0.3, 0.4) is 0 Å². The highest BCUT2D eigenvalue weighted by molar-refractivity contribution is 5.85. The van der Waals surface area contributed by atoms with E-state index in [0.29, 0.717) is 24.2 Å². The fraction of sp³-hybridized carbons (Fsp3) is 0.700. The fourth-order valence-electron chi connectivity index (χ4n) is 4.28. The number of piperidine rings is 1. The highest BCUT2D eigenvalue weighted by Crippen LogP contribution is 2.28. The molecule has 0 bridgehead atoms. The van der Waals surface area contributed by atoms with Gasteiger partial charge in [-0.3, -0.25) is 4.79 Å². The van der Waals surface area contributed by atoms with E-state index in [-0.39, 0.29) is 30.9 Å². The van der Waals surface area contributed by atoms with Crippen molar-refractivity contribution in [1.82, 2.24) is 9.88 Å². The zero-order chi connectivity index (χ0) is 17.6. The summed E-state index contributed by atoms with van der Waals surface area (Å²) < 4.78 is 0. The van der Waals surface area contributed by atoms with Crippen LogP contribution in [-0.4, -0.2) is 48.0 Å². The maximum absolute atomic E-state index is 12.7. The zero-order valence-corrected chi connectivity index (χ0v) is 17.9. The van der Waals surface area contributed by atoms with Crippen LogP contribution < -0.4 is 10.6 Å². The molecule has 27 heavy (non-hydrogen) atoms. The first-order valence-corrected chi connectivity index (χ1v) is 9.86. The molecule has 2 aliphatic rings. The Balaban J connectivity index is 0.00000182. The van der Waals surface area contributed by atoms with Gasteiger partial charge >= 0.3 is 0 Å². The molecule has 0 aromatic carbocycles. The number of hydrogen-bond acceptors (Lipinski definition) is 4. The Hall–Kier alpha value is -1.04. The van der Waals surface area contributed by atoms with Gasteiger partial charge in [-0.2, -0.15) is 0 Å². The molecule has 1 amide bonds. The zero-order valence-electron chi connectivity index (χ0n) is 16.3. The van der Waals surface area contributed by atoms with Gasteiger partial charge in [-0.25, -0.2) is 4.98 Å². The van der Waals surface area contributed by atoms with Gasteiger partial charge in [0, 0.05) is 44.8 Å². The van der Waals surface area contributed by atoms with E-state index in [1.165, 1.54) is 6.42 Å². The van der Waals surface area contributed by atoms with Gasteiger partial charge in [0.2, 0.25) is 5.91 Å². The van der Waals surface area contributed by atoms with E-state index in [0.717, 1.165) is 57.7 Å². The Morgan fingerprint density at radius 1 is 1.22 bits per heavy atom. The van der Waals surface area contributed by atoms with Crippen molar-refractivity contribution in [3.8, 4) is 0 Å². The molecule has 2 atom stereocenters. The third-order valence-electron chi connectivity index (χ3n) is 5.96. The van der Waals surface area contributed by atoms with Crippen molar-refractivity contribution >= 4 is 36.5 Å². The quantitative estimate of drug-likeness (QED) is 0.770. The maximum atomic E-state index is 12.7. The van der Waals surface area contributed by atoms with Crippen LogP contribution >= 0.6 is 24.8 Å². The number of pyridine rings is 1. The Labute approximate surface area is 175 Å². The number of carbonyl (C=O) groups is 1. The van der Waals surface area contributed by atoms with Crippen LogP contribution in [0.15, 0.2) is 24.4 Å². The molecule has 3 rings (SSSR count). The van der Waals surface area contributed by atoms with E-state index in [2.05, 4.69) is 27.8 Å². The topological polar surface area (TPSA) is 62.5 Å². The second kappa shape index (κ2) is 11.7.